The van der Waals surface area contributed by atoms with Gasteiger partial charge in [0.25, 0.3) is 0 Å². The van der Waals surface area contributed by atoms with E-state index >= 15 is 0 Å². The minimum atomic E-state index is -0.668. The quantitative estimate of drug-likeness (QED) is 0.767. The van der Waals surface area contributed by atoms with Crippen molar-refractivity contribution >= 4 is 17.7 Å². The van der Waals surface area contributed by atoms with Gasteiger partial charge in [0.1, 0.15) is 5.54 Å². The van der Waals surface area contributed by atoms with Gasteiger partial charge in [0.2, 0.25) is 0 Å². The normalized spacial score (nSPS) is 24.4. The van der Waals surface area contributed by atoms with Crippen LogP contribution in [0.4, 0.5) is 0 Å². The first kappa shape index (κ1) is 13.2. The van der Waals surface area contributed by atoms with Crippen molar-refractivity contribution in [1.82, 2.24) is 5.32 Å². The Labute approximate surface area is 108 Å². The number of hydrogen-bond acceptors (Lipinski definition) is 3. The van der Waals surface area contributed by atoms with Gasteiger partial charge in [-0.1, -0.05) is 20.8 Å². The Bertz CT molecular complexity index is 305. The topological polar surface area (TPSA) is 49.3 Å². The Balaban J connectivity index is 2.06. The summed E-state index contributed by atoms with van der Waals surface area (Å²) in [7, 11) is 0. The highest BCUT2D eigenvalue weighted by molar-refractivity contribution is 8.00. The van der Waals surface area contributed by atoms with Crippen LogP contribution in [0.1, 0.15) is 46.5 Å². The molecule has 98 valence electrons. The van der Waals surface area contributed by atoms with Crippen molar-refractivity contribution in [2.24, 2.45) is 5.92 Å². The summed E-state index contributed by atoms with van der Waals surface area (Å²) in [4.78, 5) is 11.7. The van der Waals surface area contributed by atoms with Gasteiger partial charge in [-0.2, -0.15) is 11.8 Å². The largest absolute Gasteiger partial charge is 0.480 e. The Kier molecular flexibility index (Phi) is 3.47. The maximum Gasteiger partial charge on any atom is 0.325 e. The van der Waals surface area contributed by atoms with E-state index in [4.69, 9.17) is 0 Å². The van der Waals surface area contributed by atoms with Crippen molar-refractivity contribution in [3.63, 3.8) is 0 Å². The van der Waals surface area contributed by atoms with E-state index in [9.17, 15) is 9.90 Å². The highest BCUT2D eigenvalue weighted by Gasteiger charge is 2.53. The predicted molar refractivity (Wildman–Crippen MR) is 71.5 cm³/mol. The molecule has 2 saturated carbocycles. The van der Waals surface area contributed by atoms with Crippen LogP contribution in [0.3, 0.4) is 0 Å². The molecule has 1 atom stereocenters. The second-order valence-electron chi connectivity index (χ2n) is 6.37. The fourth-order valence-electron chi connectivity index (χ4n) is 2.07. The van der Waals surface area contributed by atoms with E-state index in [1.165, 1.54) is 0 Å². The molecule has 2 aliphatic carbocycles. The van der Waals surface area contributed by atoms with E-state index in [2.05, 4.69) is 26.1 Å². The van der Waals surface area contributed by atoms with Crippen LogP contribution in [0, 0.1) is 5.92 Å². The Hall–Kier alpha value is -0.220. The SMILES string of the molecule is CC(C)(C)SCC(NC1CC1)(C(=O)O)C1CC1. The van der Waals surface area contributed by atoms with E-state index in [0.717, 1.165) is 25.7 Å². The van der Waals surface area contributed by atoms with Crippen molar-refractivity contribution in [3.05, 3.63) is 0 Å². The van der Waals surface area contributed by atoms with E-state index in [0.29, 0.717) is 17.7 Å². The maximum absolute atomic E-state index is 11.7. The van der Waals surface area contributed by atoms with Gasteiger partial charge in [0, 0.05) is 16.5 Å². The van der Waals surface area contributed by atoms with Crippen molar-refractivity contribution in [3.8, 4) is 0 Å². The lowest BCUT2D eigenvalue weighted by Crippen LogP contribution is -2.57. The molecule has 2 N–H and O–H groups in total. The summed E-state index contributed by atoms with van der Waals surface area (Å²) in [5, 5.41) is 13.0. The van der Waals surface area contributed by atoms with Gasteiger partial charge < -0.3 is 5.11 Å². The summed E-state index contributed by atoms with van der Waals surface area (Å²) in [6.07, 6.45) is 4.41. The van der Waals surface area contributed by atoms with Gasteiger partial charge in [-0.25, -0.2) is 0 Å². The van der Waals surface area contributed by atoms with Gasteiger partial charge in [0.15, 0.2) is 0 Å². The van der Waals surface area contributed by atoms with Gasteiger partial charge in [0.05, 0.1) is 0 Å². The first-order valence-electron chi connectivity index (χ1n) is 6.48. The molecule has 3 nitrogen and oxygen atoms in total. The van der Waals surface area contributed by atoms with Crippen LogP contribution >= 0.6 is 11.8 Å². The molecule has 17 heavy (non-hydrogen) atoms. The van der Waals surface area contributed by atoms with Gasteiger partial charge in [-0.05, 0) is 31.6 Å². The number of carbonyl (C=O) groups is 1. The standard InChI is InChI=1S/C13H23NO2S/c1-12(2,3)17-8-13(11(15)16,9-4-5-9)14-10-6-7-10/h9-10,14H,4-8H2,1-3H3,(H,15,16). The Morgan fingerprint density at radius 1 is 1.29 bits per heavy atom. The molecule has 2 rings (SSSR count). The second-order valence-corrected chi connectivity index (χ2v) is 8.17. The smallest absolute Gasteiger partial charge is 0.325 e. The molecule has 4 heteroatoms. The maximum atomic E-state index is 11.7. The first-order chi connectivity index (χ1) is 7.83. The third kappa shape index (κ3) is 3.38. The number of carboxylic acids is 1. The molecule has 0 heterocycles. The number of rotatable bonds is 6. The molecule has 2 fully saturated rings. The first-order valence-corrected chi connectivity index (χ1v) is 7.47. The second kappa shape index (κ2) is 4.47. The molecule has 0 spiro atoms. The predicted octanol–water partition coefficient (Wildman–Crippen LogP) is 2.50. The van der Waals surface area contributed by atoms with E-state index < -0.39 is 11.5 Å². The van der Waals surface area contributed by atoms with Crippen LogP contribution in [0.25, 0.3) is 0 Å². The minimum Gasteiger partial charge on any atom is -0.480 e. The monoisotopic (exact) mass is 257 g/mol. The number of hydrogen-bond donors (Lipinski definition) is 2. The minimum absolute atomic E-state index is 0.126. The van der Waals surface area contributed by atoms with Crippen LogP contribution in [-0.4, -0.2) is 33.2 Å². The average molecular weight is 257 g/mol. The molecule has 2 aliphatic rings. The molecule has 0 aromatic carbocycles. The zero-order chi connectivity index (χ0) is 12.7. The summed E-state index contributed by atoms with van der Waals surface area (Å²) in [5.74, 6) is 0.381. The molecule has 0 aromatic heterocycles. The number of aliphatic carboxylic acids is 1. The van der Waals surface area contributed by atoms with Crippen LogP contribution < -0.4 is 5.32 Å². The molecular weight excluding hydrogens is 234 g/mol. The van der Waals surface area contributed by atoms with E-state index in [1.807, 2.05) is 0 Å². The summed E-state index contributed by atoms with van der Waals surface area (Å²) in [6.45, 7) is 6.44. The summed E-state index contributed by atoms with van der Waals surface area (Å²) < 4.78 is 0.126. The van der Waals surface area contributed by atoms with Gasteiger partial charge in [-0.15, -0.1) is 0 Å². The van der Waals surface area contributed by atoms with Crippen LogP contribution in [0.2, 0.25) is 0 Å². The third-order valence-corrected chi connectivity index (χ3v) is 4.89. The average Bonchev–Trinajstić information content (AvgIpc) is 3.01. The van der Waals surface area contributed by atoms with Crippen molar-refractivity contribution in [2.75, 3.05) is 5.75 Å². The van der Waals surface area contributed by atoms with Crippen LogP contribution in [0.5, 0.6) is 0 Å². The van der Waals surface area contributed by atoms with Crippen molar-refractivity contribution in [2.45, 2.75) is 62.8 Å². The van der Waals surface area contributed by atoms with Crippen molar-refractivity contribution in [1.29, 1.82) is 0 Å². The van der Waals surface area contributed by atoms with E-state index in [1.54, 1.807) is 11.8 Å². The summed E-state index contributed by atoms with van der Waals surface area (Å²) in [5.41, 5.74) is -0.668. The Morgan fingerprint density at radius 3 is 2.24 bits per heavy atom. The number of carboxylic acid groups (broad SMARTS) is 1. The fourth-order valence-corrected chi connectivity index (χ4v) is 3.18. The summed E-state index contributed by atoms with van der Waals surface area (Å²) >= 11 is 1.76. The summed E-state index contributed by atoms with van der Waals surface area (Å²) in [6, 6.07) is 0.451. The Morgan fingerprint density at radius 2 is 1.88 bits per heavy atom. The van der Waals surface area contributed by atoms with Crippen molar-refractivity contribution < 1.29 is 9.90 Å². The van der Waals surface area contributed by atoms with Crippen LogP contribution in [-0.2, 0) is 4.79 Å². The highest BCUT2D eigenvalue weighted by Crippen LogP contribution is 2.44. The number of nitrogens with one attached hydrogen (secondary N) is 1. The molecule has 0 aromatic rings. The zero-order valence-corrected chi connectivity index (χ0v) is 11.8. The molecule has 0 saturated heterocycles. The molecule has 0 radical (unpaired) electrons. The molecule has 0 amide bonds. The fraction of sp³-hybridized carbons (Fsp3) is 0.923. The van der Waals surface area contributed by atoms with Gasteiger partial charge in [-0.3, -0.25) is 10.1 Å². The van der Waals surface area contributed by atoms with Gasteiger partial charge >= 0.3 is 5.97 Å². The number of thioether (sulfide) groups is 1. The molecule has 0 aliphatic heterocycles. The lowest BCUT2D eigenvalue weighted by atomic mass is 9.95. The van der Waals surface area contributed by atoms with Crippen LogP contribution in [0.15, 0.2) is 0 Å². The molecule has 1 unspecified atom stereocenters. The highest BCUT2D eigenvalue weighted by atomic mass is 32.2. The third-order valence-electron chi connectivity index (χ3n) is 3.43. The lowest BCUT2D eigenvalue weighted by Gasteiger charge is -2.33. The molecule has 0 bridgehead atoms. The molecular formula is C13H23NO2S. The zero-order valence-electron chi connectivity index (χ0n) is 11.0. The lowest BCUT2D eigenvalue weighted by molar-refractivity contribution is -0.145. The van der Waals surface area contributed by atoms with E-state index in [-0.39, 0.29) is 4.75 Å².